The topological polar surface area (TPSA) is 51.2 Å². The molecule has 0 fully saturated rings. The van der Waals surface area contributed by atoms with Gasteiger partial charge in [-0.05, 0) is 42.5 Å². The van der Waals surface area contributed by atoms with Crippen LogP contribution in [0.3, 0.4) is 0 Å². The first-order chi connectivity index (χ1) is 13.6. The Morgan fingerprint density at radius 1 is 1.11 bits per heavy atom. The third kappa shape index (κ3) is 3.98. The Morgan fingerprint density at radius 3 is 2.71 bits per heavy atom. The summed E-state index contributed by atoms with van der Waals surface area (Å²) in [6, 6.07) is 19.1. The number of hydrogen-bond donors (Lipinski definition) is 1. The molecule has 28 heavy (non-hydrogen) atoms. The summed E-state index contributed by atoms with van der Waals surface area (Å²) in [5, 5.41) is 3.77. The molecule has 140 valence electrons. The van der Waals surface area contributed by atoms with Gasteiger partial charge in [-0.25, -0.2) is 9.37 Å². The zero-order chi connectivity index (χ0) is 19.5. The Balaban J connectivity index is 1.51. The third-order valence-corrected chi connectivity index (χ3v) is 5.34. The second-order valence-electron chi connectivity index (χ2n) is 5.94. The van der Waals surface area contributed by atoms with Crippen LogP contribution in [0, 0.1) is 5.82 Å². The first-order valence-corrected chi connectivity index (χ1v) is 9.62. The molecule has 0 aliphatic heterocycles. The summed E-state index contributed by atoms with van der Waals surface area (Å²) in [5.41, 5.74) is 2.38. The highest BCUT2D eigenvalue weighted by molar-refractivity contribution is 7.21. The predicted molar refractivity (Wildman–Crippen MR) is 111 cm³/mol. The zero-order valence-corrected chi connectivity index (χ0v) is 16.1. The van der Waals surface area contributed by atoms with Gasteiger partial charge in [0.05, 0.1) is 20.9 Å². The normalized spacial score (nSPS) is 10.8. The minimum Gasteiger partial charge on any atom is -0.482 e. The van der Waals surface area contributed by atoms with Crippen molar-refractivity contribution in [2.75, 3.05) is 11.9 Å². The number of anilines is 1. The number of para-hydroxylation sites is 2. The maximum atomic E-state index is 13.1. The number of carbonyl (C=O) groups excluding carboxylic acids is 1. The molecule has 0 radical (unpaired) electrons. The van der Waals surface area contributed by atoms with Crippen LogP contribution in [-0.2, 0) is 4.79 Å². The third-order valence-electron chi connectivity index (χ3n) is 3.98. The Kier molecular flexibility index (Phi) is 5.23. The molecule has 0 saturated carbocycles. The lowest BCUT2D eigenvalue weighted by Crippen LogP contribution is -2.20. The van der Waals surface area contributed by atoms with Gasteiger partial charge in [0.2, 0.25) is 0 Å². The number of nitrogens with zero attached hydrogens (tertiary/aromatic N) is 1. The number of thiazole rings is 1. The van der Waals surface area contributed by atoms with Crippen molar-refractivity contribution in [1.29, 1.82) is 0 Å². The number of carbonyl (C=O) groups is 1. The van der Waals surface area contributed by atoms with Gasteiger partial charge in [-0.3, -0.25) is 4.79 Å². The second kappa shape index (κ2) is 7.96. The summed E-state index contributed by atoms with van der Waals surface area (Å²) >= 11 is 7.47. The molecule has 4 nitrogen and oxygen atoms in total. The molecule has 3 aromatic carbocycles. The standard InChI is InChI=1S/C21H14ClFN2O2S/c22-15-11-13(23)9-10-18(15)27-12-20(26)24-16-6-2-1-5-14(16)21-25-17-7-3-4-8-19(17)28-21/h1-11H,12H2,(H,24,26). The van der Waals surface area contributed by atoms with Crippen molar-refractivity contribution in [2.24, 2.45) is 0 Å². The van der Waals surface area contributed by atoms with E-state index in [1.54, 1.807) is 11.3 Å². The average Bonchev–Trinajstić information content (AvgIpc) is 3.12. The monoisotopic (exact) mass is 412 g/mol. The van der Waals surface area contributed by atoms with Crippen molar-refractivity contribution in [3.63, 3.8) is 0 Å². The van der Waals surface area contributed by atoms with Crippen LogP contribution >= 0.6 is 22.9 Å². The van der Waals surface area contributed by atoms with E-state index in [9.17, 15) is 9.18 Å². The molecule has 0 unspecified atom stereocenters. The van der Waals surface area contributed by atoms with Crippen molar-refractivity contribution >= 4 is 44.7 Å². The molecule has 1 heterocycles. The van der Waals surface area contributed by atoms with Crippen LogP contribution in [0.15, 0.2) is 66.7 Å². The molecule has 4 aromatic rings. The van der Waals surface area contributed by atoms with Crippen LogP contribution in [-0.4, -0.2) is 17.5 Å². The molecule has 0 atom stereocenters. The van der Waals surface area contributed by atoms with E-state index >= 15 is 0 Å². The molecule has 1 N–H and O–H groups in total. The molecule has 0 bridgehead atoms. The first-order valence-electron chi connectivity index (χ1n) is 8.43. The first kappa shape index (κ1) is 18.4. The maximum absolute atomic E-state index is 13.1. The average molecular weight is 413 g/mol. The summed E-state index contributed by atoms with van der Waals surface area (Å²) in [6.45, 7) is -0.250. The number of hydrogen-bond acceptors (Lipinski definition) is 4. The quantitative estimate of drug-likeness (QED) is 0.452. The van der Waals surface area contributed by atoms with Crippen LogP contribution in [0.4, 0.5) is 10.1 Å². The van der Waals surface area contributed by atoms with Gasteiger partial charge in [0.1, 0.15) is 16.6 Å². The molecular formula is C21H14ClFN2O2S. The molecule has 7 heteroatoms. The minimum absolute atomic E-state index is 0.114. The van der Waals surface area contributed by atoms with Gasteiger partial charge in [-0.15, -0.1) is 11.3 Å². The van der Waals surface area contributed by atoms with E-state index in [0.29, 0.717) is 5.69 Å². The Bertz CT molecular complexity index is 1130. The Morgan fingerprint density at radius 2 is 1.89 bits per heavy atom. The van der Waals surface area contributed by atoms with E-state index in [0.717, 1.165) is 26.9 Å². The summed E-state index contributed by atoms with van der Waals surface area (Å²) in [4.78, 5) is 17.0. The smallest absolute Gasteiger partial charge is 0.262 e. The lowest BCUT2D eigenvalue weighted by molar-refractivity contribution is -0.118. The van der Waals surface area contributed by atoms with Gasteiger partial charge >= 0.3 is 0 Å². The van der Waals surface area contributed by atoms with Gasteiger partial charge in [-0.2, -0.15) is 0 Å². The van der Waals surface area contributed by atoms with Crippen molar-refractivity contribution in [3.05, 3.63) is 77.6 Å². The Labute approximate surface area is 169 Å². The van der Waals surface area contributed by atoms with Gasteiger partial charge in [0, 0.05) is 5.56 Å². The number of rotatable bonds is 5. The van der Waals surface area contributed by atoms with E-state index in [-0.39, 0.29) is 23.3 Å². The maximum Gasteiger partial charge on any atom is 0.262 e. The van der Waals surface area contributed by atoms with E-state index in [1.807, 2.05) is 48.5 Å². The highest BCUT2D eigenvalue weighted by atomic mass is 35.5. The SMILES string of the molecule is O=C(COc1ccc(F)cc1Cl)Nc1ccccc1-c1nc2ccccc2s1. The van der Waals surface area contributed by atoms with Gasteiger partial charge in [0.25, 0.3) is 5.91 Å². The number of amides is 1. The fraction of sp³-hybridized carbons (Fsp3) is 0.0476. The molecular weight excluding hydrogens is 399 g/mol. The van der Waals surface area contributed by atoms with Crippen molar-refractivity contribution in [3.8, 4) is 16.3 Å². The number of fused-ring (bicyclic) bond motifs is 1. The van der Waals surface area contributed by atoms with Crippen molar-refractivity contribution < 1.29 is 13.9 Å². The molecule has 0 saturated heterocycles. The predicted octanol–water partition coefficient (Wildman–Crippen LogP) is 5.77. The summed E-state index contributed by atoms with van der Waals surface area (Å²) < 4.78 is 19.6. The number of aromatic nitrogens is 1. The van der Waals surface area contributed by atoms with Crippen LogP contribution < -0.4 is 10.1 Å². The van der Waals surface area contributed by atoms with E-state index in [2.05, 4.69) is 10.3 Å². The van der Waals surface area contributed by atoms with Crippen LogP contribution in [0.25, 0.3) is 20.8 Å². The number of ether oxygens (including phenoxy) is 1. The molecule has 1 aromatic heterocycles. The summed E-state index contributed by atoms with van der Waals surface area (Å²) in [6.07, 6.45) is 0. The van der Waals surface area contributed by atoms with Gasteiger partial charge in [-0.1, -0.05) is 35.9 Å². The number of halogens is 2. The highest BCUT2D eigenvalue weighted by Crippen LogP contribution is 2.34. The van der Waals surface area contributed by atoms with Crippen LogP contribution in [0.1, 0.15) is 0 Å². The lowest BCUT2D eigenvalue weighted by atomic mass is 10.2. The number of benzene rings is 3. The molecule has 0 aliphatic carbocycles. The van der Waals surface area contributed by atoms with Crippen LogP contribution in [0.5, 0.6) is 5.75 Å². The Hall–Kier alpha value is -2.96. The van der Waals surface area contributed by atoms with Gasteiger partial charge in [0.15, 0.2) is 6.61 Å². The van der Waals surface area contributed by atoms with Crippen molar-refractivity contribution in [2.45, 2.75) is 0 Å². The zero-order valence-electron chi connectivity index (χ0n) is 14.5. The molecule has 4 rings (SSSR count). The largest absolute Gasteiger partial charge is 0.482 e. The summed E-state index contributed by atoms with van der Waals surface area (Å²) in [5.74, 6) is -0.571. The molecule has 1 amide bonds. The molecule has 0 spiro atoms. The fourth-order valence-electron chi connectivity index (χ4n) is 2.69. The van der Waals surface area contributed by atoms with E-state index in [4.69, 9.17) is 16.3 Å². The fourth-order valence-corrected chi connectivity index (χ4v) is 3.91. The minimum atomic E-state index is -0.466. The van der Waals surface area contributed by atoms with Crippen molar-refractivity contribution in [1.82, 2.24) is 4.98 Å². The highest BCUT2D eigenvalue weighted by Gasteiger charge is 2.13. The second-order valence-corrected chi connectivity index (χ2v) is 7.38. The summed E-state index contributed by atoms with van der Waals surface area (Å²) in [7, 11) is 0. The van der Waals surface area contributed by atoms with Crippen LogP contribution in [0.2, 0.25) is 5.02 Å². The van der Waals surface area contributed by atoms with E-state index < -0.39 is 5.82 Å². The van der Waals surface area contributed by atoms with E-state index in [1.165, 1.54) is 12.1 Å². The number of nitrogens with one attached hydrogen (secondary N) is 1. The van der Waals surface area contributed by atoms with Gasteiger partial charge < -0.3 is 10.1 Å². The lowest BCUT2D eigenvalue weighted by Gasteiger charge is -2.11. The molecule has 0 aliphatic rings.